The first-order valence-electron chi connectivity index (χ1n) is 9.82. The van der Waals surface area contributed by atoms with Gasteiger partial charge >= 0.3 is 0 Å². The second kappa shape index (κ2) is 7.90. The molecule has 0 bridgehead atoms. The van der Waals surface area contributed by atoms with Crippen LogP contribution >= 0.6 is 0 Å². The zero-order valence-electron chi connectivity index (χ0n) is 18.4. The van der Waals surface area contributed by atoms with E-state index in [2.05, 4.69) is 69.9 Å². The van der Waals surface area contributed by atoms with Crippen LogP contribution in [0.2, 0.25) is 0 Å². The maximum Gasteiger partial charge on any atom is 0.254 e. The van der Waals surface area contributed by atoms with Gasteiger partial charge in [-0.05, 0) is 46.2 Å². The van der Waals surface area contributed by atoms with Crippen molar-refractivity contribution in [2.24, 2.45) is 0 Å². The molecule has 0 N–H and O–H groups in total. The highest BCUT2D eigenvalue weighted by Gasteiger charge is 2.22. The Morgan fingerprint density at radius 2 is 1.45 bits per heavy atom. The largest absolute Gasteiger partial charge is 0.497 e. The maximum absolute atomic E-state index is 5.90. The van der Waals surface area contributed by atoms with E-state index in [-0.39, 0.29) is 17.4 Å². The van der Waals surface area contributed by atoms with E-state index in [1.54, 1.807) is 7.11 Å². The monoisotopic (exact) mass is 394 g/mol. The van der Waals surface area contributed by atoms with Gasteiger partial charge in [0.15, 0.2) is 6.61 Å². The molecule has 0 saturated heterocycles. The Balaban J connectivity index is 1.85. The van der Waals surface area contributed by atoms with Crippen LogP contribution in [0.15, 0.2) is 46.9 Å². The first-order chi connectivity index (χ1) is 13.6. The fourth-order valence-corrected chi connectivity index (χ4v) is 2.88. The zero-order chi connectivity index (χ0) is 21.2. The summed E-state index contributed by atoms with van der Waals surface area (Å²) in [6.45, 7) is 13.4. The van der Waals surface area contributed by atoms with Gasteiger partial charge in [0.05, 0.1) is 7.11 Å². The molecule has 1 aromatic heterocycles. The summed E-state index contributed by atoms with van der Waals surface area (Å²) >= 11 is 0. The van der Waals surface area contributed by atoms with Crippen LogP contribution in [0.25, 0.3) is 11.5 Å². The van der Waals surface area contributed by atoms with Crippen LogP contribution < -0.4 is 9.47 Å². The third kappa shape index (κ3) is 5.17. The van der Waals surface area contributed by atoms with Crippen molar-refractivity contribution < 1.29 is 13.9 Å². The topological polar surface area (TPSA) is 57.4 Å². The summed E-state index contributed by atoms with van der Waals surface area (Å²) in [5.41, 5.74) is 3.46. The van der Waals surface area contributed by atoms with Gasteiger partial charge in [0, 0.05) is 11.6 Å². The fraction of sp³-hybridized carbons (Fsp3) is 0.417. The molecule has 154 valence electrons. The van der Waals surface area contributed by atoms with Crippen LogP contribution in [0.1, 0.15) is 58.6 Å². The second-order valence-electron chi connectivity index (χ2n) is 9.27. The lowest BCUT2D eigenvalue weighted by Gasteiger charge is -2.25. The van der Waals surface area contributed by atoms with Crippen molar-refractivity contribution in [1.82, 2.24) is 10.2 Å². The van der Waals surface area contributed by atoms with E-state index < -0.39 is 0 Å². The highest BCUT2D eigenvalue weighted by Crippen LogP contribution is 2.33. The minimum Gasteiger partial charge on any atom is -0.497 e. The van der Waals surface area contributed by atoms with Crippen LogP contribution in [0.4, 0.5) is 0 Å². The molecule has 0 atom stereocenters. The van der Waals surface area contributed by atoms with E-state index in [0.717, 1.165) is 11.3 Å². The summed E-state index contributed by atoms with van der Waals surface area (Å²) in [5.74, 6) is 2.36. The van der Waals surface area contributed by atoms with Gasteiger partial charge in [0.25, 0.3) is 5.89 Å². The van der Waals surface area contributed by atoms with Crippen molar-refractivity contribution in [2.75, 3.05) is 7.11 Å². The van der Waals surface area contributed by atoms with Gasteiger partial charge in [-0.25, -0.2) is 0 Å². The van der Waals surface area contributed by atoms with Crippen molar-refractivity contribution in [2.45, 2.75) is 59.0 Å². The molecule has 3 aromatic rings. The molecule has 5 nitrogen and oxygen atoms in total. The summed E-state index contributed by atoms with van der Waals surface area (Å²) in [6.07, 6.45) is 0. The minimum absolute atomic E-state index is 0.0222. The summed E-state index contributed by atoms with van der Waals surface area (Å²) in [4.78, 5) is 0. The SMILES string of the molecule is COc1cccc(OCc2nnc(-c3cc(C(C)(C)C)cc(C(C)(C)C)c3)o2)c1. The van der Waals surface area contributed by atoms with Crippen LogP contribution in [0.5, 0.6) is 11.5 Å². The smallest absolute Gasteiger partial charge is 0.254 e. The Bertz CT molecular complexity index is 946. The lowest BCUT2D eigenvalue weighted by molar-refractivity contribution is 0.263. The third-order valence-corrected chi connectivity index (χ3v) is 4.78. The number of benzene rings is 2. The van der Waals surface area contributed by atoms with Gasteiger partial charge < -0.3 is 13.9 Å². The van der Waals surface area contributed by atoms with E-state index in [4.69, 9.17) is 13.9 Å². The molecule has 0 radical (unpaired) electrons. The molecule has 0 aliphatic heterocycles. The average Bonchev–Trinajstić information content (AvgIpc) is 3.14. The average molecular weight is 395 g/mol. The molecule has 1 heterocycles. The van der Waals surface area contributed by atoms with E-state index in [9.17, 15) is 0 Å². The van der Waals surface area contributed by atoms with Crippen molar-refractivity contribution in [1.29, 1.82) is 0 Å². The van der Waals surface area contributed by atoms with Gasteiger partial charge in [0.2, 0.25) is 5.89 Å². The standard InChI is InChI=1S/C24H30N2O3/c1-23(2,3)17-11-16(12-18(13-17)24(4,5)6)22-26-25-21(29-22)15-28-20-10-8-9-19(14-20)27-7/h8-14H,15H2,1-7H3. The Kier molecular flexibility index (Phi) is 5.69. The molecule has 0 amide bonds. The van der Waals surface area contributed by atoms with Gasteiger partial charge in [-0.3, -0.25) is 0 Å². The fourth-order valence-electron chi connectivity index (χ4n) is 2.88. The molecule has 3 rings (SSSR count). The Morgan fingerprint density at radius 1 is 0.828 bits per heavy atom. The first-order valence-corrected chi connectivity index (χ1v) is 9.82. The van der Waals surface area contributed by atoms with Crippen LogP contribution in [-0.2, 0) is 17.4 Å². The van der Waals surface area contributed by atoms with Crippen LogP contribution in [0, 0.1) is 0 Å². The van der Waals surface area contributed by atoms with E-state index in [1.807, 2.05) is 24.3 Å². The number of rotatable bonds is 5. The Hall–Kier alpha value is -2.82. The summed E-state index contributed by atoms with van der Waals surface area (Å²) in [6, 6.07) is 14.0. The Morgan fingerprint density at radius 3 is 2.03 bits per heavy atom. The molecule has 0 saturated carbocycles. The summed E-state index contributed by atoms with van der Waals surface area (Å²) in [5, 5.41) is 8.42. The number of nitrogens with zero attached hydrogens (tertiary/aromatic N) is 2. The molecule has 5 heteroatoms. The molecule has 0 unspecified atom stereocenters. The van der Waals surface area contributed by atoms with Gasteiger partial charge in [-0.1, -0.05) is 53.7 Å². The number of methoxy groups -OCH3 is 1. The Labute approximate surface area is 173 Å². The second-order valence-corrected chi connectivity index (χ2v) is 9.27. The summed E-state index contributed by atoms with van der Waals surface area (Å²) < 4.78 is 16.9. The highest BCUT2D eigenvalue weighted by molar-refractivity contribution is 5.57. The normalized spacial score (nSPS) is 12.1. The molecular formula is C24H30N2O3. The van der Waals surface area contributed by atoms with E-state index >= 15 is 0 Å². The van der Waals surface area contributed by atoms with E-state index in [1.165, 1.54) is 11.1 Å². The molecule has 29 heavy (non-hydrogen) atoms. The predicted octanol–water partition coefficient (Wildman–Crippen LogP) is 5.92. The highest BCUT2D eigenvalue weighted by atomic mass is 16.5. The lowest BCUT2D eigenvalue weighted by atomic mass is 9.79. The van der Waals surface area contributed by atoms with Crippen LogP contribution in [-0.4, -0.2) is 17.3 Å². The summed E-state index contributed by atoms with van der Waals surface area (Å²) in [7, 11) is 1.63. The number of hydrogen-bond donors (Lipinski definition) is 0. The third-order valence-electron chi connectivity index (χ3n) is 4.78. The van der Waals surface area contributed by atoms with E-state index in [0.29, 0.717) is 17.5 Å². The maximum atomic E-state index is 5.90. The van der Waals surface area contributed by atoms with Gasteiger partial charge in [-0.2, -0.15) is 0 Å². The first kappa shape index (κ1) is 20.9. The van der Waals surface area contributed by atoms with Crippen molar-refractivity contribution >= 4 is 0 Å². The molecule has 0 aliphatic carbocycles. The number of hydrogen-bond acceptors (Lipinski definition) is 5. The molecular weight excluding hydrogens is 364 g/mol. The molecule has 0 spiro atoms. The van der Waals surface area contributed by atoms with Crippen molar-refractivity contribution in [3.63, 3.8) is 0 Å². The number of ether oxygens (including phenoxy) is 2. The minimum atomic E-state index is 0.0222. The van der Waals surface area contributed by atoms with Crippen molar-refractivity contribution in [3.8, 4) is 23.0 Å². The molecule has 0 aliphatic rings. The van der Waals surface area contributed by atoms with Crippen LogP contribution in [0.3, 0.4) is 0 Å². The van der Waals surface area contributed by atoms with Gasteiger partial charge in [-0.15, -0.1) is 10.2 Å². The molecule has 2 aromatic carbocycles. The number of aromatic nitrogens is 2. The zero-order valence-corrected chi connectivity index (χ0v) is 18.4. The molecule has 0 fully saturated rings. The predicted molar refractivity (Wildman–Crippen MR) is 114 cm³/mol. The van der Waals surface area contributed by atoms with Gasteiger partial charge in [0.1, 0.15) is 11.5 Å². The quantitative estimate of drug-likeness (QED) is 0.538. The van der Waals surface area contributed by atoms with Crippen molar-refractivity contribution in [3.05, 3.63) is 59.5 Å². The lowest BCUT2D eigenvalue weighted by Crippen LogP contribution is -2.16.